The highest BCUT2D eigenvalue weighted by Gasteiger charge is 2.14. The topological polar surface area (TPSA) is 78.4 Å². The molecule has 5 nitrogen and oxygen atoms in total. The number of aromatic carboxylic acids is 1. The molecule has 6 heteroatoms. The second-order valence-corrected chi connectivity index (χ2v) is 5.97. The van der Waals surface area contributed by atoms with Crippen LogP contribution in [0.4, 0.5) is 10.5 Å². The molecule has 0 saturated heterocycles. The molecule has 1 rings (SSSR count). The van der Waals surface area contributed by atoms with Gasteiger partial charge >= 0.3 is 12.0 Å². The zero-order valence-electron chi connectivity index (χ0n) is 11.7. The number of nitrogens with one attached hydrogen (secondary N) is 2. The van der Waals surface area contributed by atoms with E-state index in [1.807, 2.05) is 6.92 Å². The number of rotatable bonds is 5. The minimum atomic E-state index is -1.08. The van der Waals surface area contributed by atoms with Crippen LogP contribution < -0.4 is 10.6 Å². The molecule has 2 amide bonds. The van der Waals surface area contributed by atoms with Gasteiger partial charge in [-0.3, -0.25) is 0 Å². The Kier molecular flexibility index (Phi) is 6.01. The van der Waals surface area contributed by atoms with E-state index in [1.54, 1.807) is 12.1 Å². The number of benzene rings is 1. The summed E-state index contributed by atoms with van der Waals surface area (Å²) >= 11 is 3.25. The average molecular weight is 343 g/mol. The van der Waals surface area contributed by atoms with Gasteiger partial charge in [-0.2, -0.15) is 0 Å². The maximum Gasteiger partial charge on any atom is 0.337 e. The van der Waals surface area contributed by atoms with Gasteiger partial charge in [0.05, 0.1) is 11.3 Å². The number of urea groups is 1. The minimum Gasteiger partial charge on any atom is -0.478 e. The number of anilines is 1. The Balaban J connectivity index is 2.70. The summed E-state index contributed by atoms with van der Waals surface area (Å²) in [5.41, 5.74) is 0.321. The molecule has 1 unspecified atom stereocenters. The highest BCUT2D eigenvalue weighted by Crippen LogP contribution is 2.21. The molecular weight excluding hydrogens is 324 g/mol. The lowest BCUT2D eigenvalue weighted by molar-refractivity contribution is 0.0698. The van der Waals surface area contributed by atoms with Gasteiger partial charge in [0.15, 0.2) is 0 Å². The van der Waals surface area contributed by atoms with Crippen LogP contribution in [0, 0.1) is 11.8 Å². The third-order valence-corrected chi connectivity index (χ3v) is 3.68. The molecule has 1 atom stereocenters. The molecule has 0 bridgehead atoms. The summed E-state index contributed by atoms with van der Waals surface area (Å²) < 4.78 is 0.702. The first kappa shape index (κ1) is 16.5. The van der Waals surface area contributed by atoms with E-state index < -0.39 is 12.0 Å². The van der Waals surface area contributed by atoms with Crippen LogP contribution in [0.2, 0.25) is 0 Å². The Labute approximate surface area is 126 Å². The molecule has 0 saturated carbocycles. The molecule has 0 aliphatic rings. The monoisotopic (exact) mass is 342 g/mol. The number of carboxylic acid groups (broad SMARTS) is 1. The van der Waals surface area contributed by atoms with Crippen molar-refractivity contribution in [3.05, 3.63) is 28.2 Å². The van der Waals surface area contributed by atoms with Gasteiger partial charge in [-0.25, -0.2) is 9.59 Å². The second kappa shape index (κ2) is 7.28. The number of carbonyl (C=O) groups excluding carboxylic acids is 1. The van der Waals surface area contributed by atoms with Crippen molar-refractivity contribution >= 4 is 33.6 Å². The second-order valence-electron chi connectivity index (χ2n) is 5.05. The zero-order chi connectivity index (χ0) is 15.3. The van der Waals surface area contributed by atoms with E-state index in [9.17, 15) is 9.59 Å². The van der Waals surface area contributed by atoms with Gasteiger partial charge in [0, 0.05) is 11.0 Å². The van der Waals surface area contributed by atoms with Crippen molar-refractivity contribution < 1.29 is 14.7 Å². The fourth-order valence-corrected chi connectivity index (χ4v) is 1.82. The normalized spacial score (nSPS) is 12.1. The van der Waals surface area contributed by atoms with Crippen molar-refractivity contribution in [1.82, 2.24) is 5.32 Å². The van der Waals surface area contributed by atoms with Gasteiger partial charge in [0.2, 0.25) is 0 Å². The molecule has 0 spiro atoms. The quantitative estimate of drug-likeness (QED) is 0.765. The summed E-state index contributed by atoms with van der Waals surface area (Å²) in [6, 6.07) is 4.22. The van der Waals surface area contributed by atoms with Crippen LogP contribution in [0.5, 0.6) is 0 Å². The Morgan fingerprint density at radius 1 is 1.30 bits per heavy atom. The Bertz CT molecular complexity index is 503. The van der Waals surface area contributed by atoms with Crippen molar-refractivity contribution in [3.8, 4) is 0 Å². The zero-order valence-corrected chi connectivity index (χ0v) is 13.3. The van der Waals surface area contributed by atoms with E-state index in [2.05, 4.69) is 40.4 Å². The van der Waals surface area contributed by atoms with Crippen molar-refractivity contribution in [2.24, 2.45) is 11.8 Å². The lowest BCUT2D eigenvalue weighted by atomic mass is 9.98. The van der Waals surface area contributed by atoms with Crippen molar-refractivity contribution in [3.63, 3.8) is 0 Å². The Morgan fingerprint density at radius 3 is 2.50 bits per heavy atom. The molecule has 1 aromatic carbocycles. The largest absolute Gasteiger partial charge is 0.478 e. The molecule has 3 N–H and O–H groups in total. The number of carboxylic acids is 1. The highest BCUT2D eigenvalue weighted by molar-refractivity contribution is 9.10. The molecule has 20 heavy (non-hydrogen) atoms. The third kappa shape index (κ3) is 4.85. The van der Waals surface area contributed by atoms with Gasteiger partial charge in [0.1, 0.15) is 0 Å². The van der Waals surface area contributed by atoms with E-state index >= 15 is 0 Å². The molecule has 0 aliphatic heterocycles. The molecule has 1 aromatic rings. The van der Waals surface area contributed by atoms with Gasteiger partial charge in [-0.1, -0.05) is 36.7 Å². The fraction of sp³-hybridized carbons (Fsp3) is 0.429. The number of hydrogen-bond donors (Lipinski definition) is 3. The third-order valence-electron chi connectivity index (χ3n) is 3.18. The molecule has 0 aliphatic carbocycles. The SMILES string of the molecule is CC(C)C(C)CNC(=O)Nc1cc(Br)ccc1C(=O)O. The van der Waals surface area contributed by atoms with E-state index in [1.165, 1.54) is 6.07 Å². The Morgan fingerprint density at radius 2 is 1.95 bits per heavy atom. The summed E-state index contributed by atoms with van der Waals surface area (Å²) in [6.07, 6.45) is 0. The highest BCUT2D eigenvalue weighted by atomic mass is 79.9. The van der Waals surface area contributed by atoms with E-state index in [0.717, 1.165) is 0 Å². The van der Waals surface area contributed by atoms with Crippen LogP contribution in [0.15, 0.2) is 22.7 Å². The summed E-state index contributed by atoms with van der Waals surface area (Å²) in [4.78, 5) is 22.9. The maximum atomic E-state index is 11.8. The van der Waals surface area contributed by atoms with Crippen LogP contribution in [-0.2, 0) is 0 Å². The number of carbonyl (C=O) groups is 2. The van der Waals surface area contributed by atoms with E-state index in [4.69, 9.17) is 5.11 Å². The molecule has 110 valence electrons. The summed E-state index contributed by atoms with van der Waals surface area (Å²) in [6.45, 7) is 6.76. The maximum absolute atomic E-state index is 11.8. The first-order valence-corrected chi connectivity index (χ1v) is 7.18. The predicted octanol–water partition coefficient (Wildman–Crippen LogP) is 3.56. The first-order valence-electron chi connectivity index (χ1n) is 6.39. The van der Waals surface area contributed by atoms with E-state index in [0.29, 0.717) is 22.9 Å². The lowest BCUT2D eigenvalue weighted by Crippen LogP contribution is -2.34. The summed E-state index contributed by atoms with van der Waals surface area (Å²) in [5, 5.41) is 14.4. The van der Waals surface area contributed by atoms with Crippen molar-refractivity contribution in [1.29, 1.82) is 0 Å². The molecule has 0 radical (unpaired) electrons. The summed E-state index contributed by atoms with van der Waals surface area (Å²) in [7, 11) is 0. The first-order chi connectivity index (χ1) is 9.31. The molecule has 0 aromatic heterocycles. The van der Waals surface area contributed by atoms with E-state index in [-0.39, 0.29) is 11.3 Å². The Hall–Kier alpha value is -1.56. The standard InChI is InChI=1S/C14H19BrN2O3/c1-8(2)9(3)7-16-14(20)17-12-6-10(15)4-5-11(12)13(18)19/h4-6,8-9H,7H2,1-3H3,(H,18,19)(H2,16,17,20). The van der Waals surface area contributed by atoms with Crippen LogP contribution in [0.1, 0.15) is 31.1 Å². The van der Waals surface area contributed by atoms with Crippen molar-refractivity contribution in [2.45, 2.75) is 20.8 Å². The van der Waals surface area contributed by atoms with Crippen LogP contribution in [-0.4, -0.2) is 23.7 Å². The van der Waals surface area contributed by atoms with Gasteiger partial charge in [-0.05, 0) is 30.0 Å². The van der Waals surface area contributed by atoms with Crippen molar-refractivity contribution in [2.75, 3.05) is 11.9 Å². The van der Waals surface area contributed by atoms with Gasteiger partial charge < -0.3 is 15.7 Å². The number of amides is 2. The number of halogens is 1. The smallest absolute Gasteiger partial charge is 0.337 e. The van der Waals surface area contributed by atoms with Gasteiger partial charge in [0.25, 0.3) is 0 Å². The predicted molar refractivity (Wildman–Crippen MR) is 82.1 cm³/mol. The van der Waals surface area contributed by atoms with Gasteiger partial charge in [-0.15, -0.1) is 0 Å². The lowest BCUT2D eigenvalue weighted by Gasteiger charge is -2.17. The number of hydrogen-bond acceptors (Lipinski definition) is 2. The average Bonchev–Trinajstić information content (AvgIpc) is 2.35. The minimum absolute atomic E-state index is 0.0558. The summed E-state index contributed by atoms with van der Waals surface area (Å²) in [5.74, 6) is -0.263. The van der Waals surface area contributed by atoms with Crippen LogP contribution in [0.3, 0.4) is 0 Å². The molecular formula is C14H19BrN2O3. The van der Waals surface area contributed by atoms with Crippen LogP contribution in [0.25, 0.3) is 0 Å². The molecule has 0 heterocycles. The molecule has 0 fully saturated rings. The van der Waals surface area contributed by atoms with Crippen LogP contribution >= 0.6 is 15.9 Å². The fourth-order valence-electron chi connectivity index (χ4n) is 1.46.